The van der Waals surface area contributed by atoms with Crippen LogP contribution >= 0.6 is 0 Å². The molecule has 2 nitrogen and oxygen atoms in total. The molecule has 15 heavy (non-hydrogen) atoms. The smallest absolute Gasteiger partial charge is 0.152 e. The van der Waals surface area contributed by atoms with E-state index < -0.39 is 0 Å². The van der Waals surface area contributed by atoms with E-state index in [0.29, 0.717) is 19.4 Å². The molecule has 0 aliphatic heterocycles. The molecule has 1 aromatic rings. The number of nitrogens with one attached hydrogen (secondary N) is 1. The predicted octanol–water partition coefficient (Wildman–Crippen LogP) is 2.47. The van der Waals surface area contributed by atoms with Gasteiger partial charge < -0.3 is 5.32 Å². The molecular formula is C13H15NO. The van der Waals surface area contributed by atoms with Crippen molar-refractivity contribution in [2.45, 2.75) is 19.8 Å². The van der Waals surface area contributed by atoms with Gasteiger partial charge in [0.2, 0.25) is 0 Å². The Hall–Kier alpha value is -1.75. The standard InChI is InChI=1S/C13H15NO/c1-2-3-5-10-13(15)11-14-12-8-6-4-7-9-12/h4,6-9,14H,5,10-11H2,1H3. The third-order valence-corrected chi connectivity index (χ3v) is 1.97. The Morgan fingerprint density at radius 2 is 2.07 bits per heavy atom. The van der Waals surface area contributed by atoms with Gasteiger partial charge in [-0.05, 0) is 19.1 Å². The second kappa shape index (κ2) is 6.67. The fourth-order valence-corrected chi connectivity index (χ4v) is 1.17. The van der Waals surface area contributed by atoms with Crippen LogP contribution in [0, 0.1) is 11.8 Å². The van der Waals surface area contributed by atoms with Gasteiger partial charge in [-0.25, -0.2) is 0 Å². The van der Waals surface area contributed by atoms with Crippen molar-refractivity contribution in [2.24, 2.45) is 0 Å². The molecular weight excluding hydrogens is 186 g/mol. The van der Waals surface area contributed by atoms with Gasteiger partial charge in [0.25, 0.3) is 0 Å². The first-order chi connectivity index (χ1) is 7.33. The van der Waals surface area contributed by atoms with E-state index in [0.717, 1.165) is 5.69 Å². The Bertz CT molecular complexity index is 359. The maximum atomic E-state index is 11.4. The molecule has 0 saturated carbocycles. The van der Waals surface area contributed by atoms with E-state index in [4.69, 9.17) is 0 Å². The quantitative estimate of drug-likeness (QED) is 0.741. The third kappa shape index (κ3) is 4.87. The van der Waals surface area contributed by atoms with Gasteiger partial charge in [0.1, 0.15) is 0 Å². The lowest BCUT2D eigenvalue weighted by atomic mass is 10.2. The molecule has 0 amide bonds. The van der Waals surface area contributed by atoms with Crippen molar-refractivity contribution in [1.29, 1.82) is 0 Å². The fourth-order valence-electron chi connectivity index (χ4n) is 1.17. The van der Waals surface area contributed by atoms with Gasteiger partial charge in [0.05, 0.1) is 6.54 Å². The minimum absolute atomic E-state index is 0.196. The Morgan fingerprint density at radius 3 is 2.73 bits per heavy atom. The van der Waals surface area contributed by atoms with E-state index in [1.807, 2.05) is 30.3 Å². The monoisotopic (exact) mass is 201 g/mol. The zero-order chi connectivity index (χ0) is 10.9. The molecule has 78 valence electrons. The average molecular weight is 201 g/mol. The van der Waals surface area contributed by atoms with E-state index in [2.05, 4.69) is 17.2 Å². The van der Waals surface area contributed by atoms with E-state index in [-0.39, 0.29) is 5.78 Å². The molecule has 0 atom stereocenters. The van der Waals surface area contributed by atoms with Crippen LogP contribution in [-0.4, -0.2) is 12.3 Å². The molecule has 0 heterocycles. The van der Waals surface area contributed by atoms with Crippen molar-refractivity contribution in [2.75, 3.05) is 11.9 Å². The SMILES string of the molecule is CC#CCCC(=O)CNc1ccccc1. The van der Waals surface area contributed by atoms with Crippen molar-refractivity contribution in [3.63, 3.8) is 0 Å². The number of benzene rings is 1. The lowest BCUT2D eigenvalue weighted by molar-refractivity contribution is -0.117. The molecule has 1 aromatic carbocycles. The first-order valence-corrected chi connectivity index (χ1v) is 5.03. The number of anilines is 1. The second-order valence-corrected chi connectivity index (χ2v) is 3.19. The fraction of sp³-hybridized carbons (Fsp3) is 0.308. The topological polar surface area (TPSA) is 29.1 Å². The number of carbonyl (C=O) groups is 1. The first kappa shape index (κ1) is 11.3. The van der Waals surface area contributed by atoms with Crippen LogP contribution in [0.5, 0.6) is 0 Å². The largest absolute Gasteiger partial charge is 0.378 e. The summed E-state index contributed by atoms with van der Waals surface area (Å²) in [7, 11) is 0. The highest BCUT2D eigenvalue weighted by Crippen LogP contribution is 2.04. The zero-order valence-corrected chi connectivity index (χ0v) is 8.92. The Kier molecular flexibility index (Phi) is 5.03. The Labute approximate surface area is 90.7 Å². The molecule has 0 aromatic heterocycles. The molecule has 0 fully saturated rings. The van der Waals surface area contributed by atoms with Crippen LogP contribution < -0.4 is 5.32 Å². The lowest BCUT2D eigenvalue weighted by Gasteiger charge is -2.03. The third-order valence-electron chi connectivity index (χ3n) is 1.97. The zero-order valence-electron chi connectivity index (χ0n) is 8.92. The van der Waals surface area contributed by atoms with Crippen molar-refractivity contribution in [3.8, 4) is 11.8 Å². The van der Waals surface area contributed by atoms with Crippen LogP contribution in [0.4, 0.5) is 5.69 Å². The minimum Gasteiger partial charge on any atom is -0.378 e. The molecule has 0 saturated heterocycles. The van der Waals surface area contributed by atoms with Crippen molar-refractivity contribution < 1.29 is 4.79 Å². The summed E-state index contributed by atoms with van der Waals surface area (Å²) < 4.78 is 0. The van der Waals surface area contributed by atoms with Gasteiger partial charge in [0.15, 0.2) is 5.78 Å². The average Bonchev–Trinajstić information content (AvgIpc) is 2.28. The highest BCUT2D eigenvalue weighted by molar-refractivity contribution is 5.83. The molecule has 1 N–H and O–H groups in total. The number of ketones is 1. The molecule has 2 heteroatoms. The van der Waals surface area contributed by atoms with Crippen LogP contribution in [-0.2, 0) is 4.79 Å². The molecule has 0 unspecified atom stereocenters. The van der Waals surface area contributed by atoms with Crippen molar-refractivity contribution in [1.82, 2.24) is 0 Å². The van der Waals surface area contributed by atoms with Crippen molar-refractivity contribution >= 4 is 11.5 Å². The highest BCUT2D eigenvalue weighted by atomic mass is 16.1. The number of hydrogen-bond donors (Lipinski definition) is 1. The van der Waals surface area contributed by atoms with Gasteiger partial charge in [-0.2, -0.15) is 0 Å². The number of Topliss-reactive ketones (excluding diaryl/α,β-unsaturated/α-hetero) is 1. The normalized spacial score (nSPS) is 8.87. The van der Waals surface area contributed by atoms with Crippen molar-refractivity contribution in [3.05, 3.63) is 30.3 Å². The highest BCUT2D eigenvalue weighted by Gasteiger charge is 1.99. The van der Waals surface area contributed by atoms with E-state index >= 15 is 0 Å². The Balaban J connectivity index is 2.24. The van der Waals surface area contributed by atoms with Gasteiger partial charge in [-0.15, -0.1) is 11.8 Å². The number of carbonyl (C=O) groups excluding carboxylic acids is 1. The van der Waals surface area contributed by atoms with Crippen LogP contribution in [0.25, 0.3) is 0 Å². The summed E-state index contributed by atoms with van der Waals surface area (Å²) in [5.41, 5.74) is 0.979. The molecule has 1 rings (SSSR count). The number of hydrogen-bond acceptors (Lipinski definition) is 2. The minimum atomic E-state index is 0.196. The molecule has 0 spiro atoms. The van der Waals surface area contributed by atoms with Gasteiger partial charge in [-0.3, -0.25) is 4.79 Å². The lowest BCUT2D eigenvalue weighted by Crippen LogP contribution is -2.13. The molecule has 0 aliphatic carbocycles. The second-order valence-electron chi connectivity index (χ2n) is 3.19. The number of rotatable bonds is 5. The first-order valence-electron chi connectivity index (χ1n) is 5.03. The van der Waals surface area contributed by atoms with Gasteiger partial charge in [-0.1, -0.05) is 18.2 Å². The van der Waals surface area contributed by atoms with Crippen LogP contribution in [0.2, 0.25) is 0 Å². The van der Waals surface area contributed by atoms with E-state index in [1.165, 1.54) is 0 Å². The number of para-hydroxylation sites is 1. The summed E-state index contributed by atoms with van der Waals surface area (Å²) in [5.74, 6) is 5.85. The maximum Gasteiger partial charge on any atom is 0.152 e. The van der Waals surface area contributed by atoms with Crippen LogP contribution in [0.3, 0.4) is 0 Å². The molecule has 0 aliphatic rings. The predicted molar refractivity (Wildman–Crippen MR) is 62.6 cm³/mol. The van der Waals surface area contributed by atoms with E-state index in [1.54, 1.807) is 6.92 Å². The summed E-state index contributed by atoms with van der Waals surface area (Å²) in [6.07, 6.45) is 1.19. The summed E-state index contributed by atoms with van der Waals surface area (Å²) in [4.78, 5) is 11.4. The van der Waals surface area contributed by atoms with Gasteiger partial charge in [0, 0.05) is 18.5 Å². The summed E-state index contributed by atoms with van der Waals surface area (Å²) in [6.45, 7) is 2.17. The summed E-state index contributed by atoms with van der Waals surface area (Å²) in [6, 6.07) is 9.72. The molecule has 0 bridgehead atoms. The van der Waals surface area contributed by atoms with Crippen LogP contribution in [0.15, 0.2) is 30.3 Å². The Morgan fingerprint density at radius 1 is 1.33 bits per heavy atom. The summed E-state index contributed by atoms with van der Waals surface area (Å²) in [5, 5.41) is 3.07. The van der Waals surface area contributed by atoms with Crippen LogP contribution in [0.1, 0.15) is 19.8 Å². The molecule has 0 radical (unpaired) electrons. The van der Waals surface area contributed by atoms with E-state index in [9.17, 15) is 4.79 Å². The maximum absolute atomic E-state index is 11.4. The summed E-state index contributed by atoms with van der Waals surface area (Å²) >= 11 is 0. The van der Waals surface area contributed by atoms with Gasteiger partial charge >= 0.3 is 0 Å².